The SMILES string of the molecule is O=C1CC(NC(=O)c2cncnc2)C(=O)N1. The molecule has 1 atom stereocenters. The quantitative estimate of drug-likeness (QED) is 0.598. The molecule has 0 radical (unpaired) electrons. The molecule has 1 unspecified atom stereocenters. The summed E-state index contributed by atoms with van der Waals surface area (Å²) >= 11 is 0. The van der Waals surface area contributed by atoms with Crippen LogP contribution in [0.5, 0.6) is 0 Å². The summed E-state index contributed by atoms with van der Waals surface area (Å²) in [5.74, 6) is -1.36. The number of carbonyl (C=O) groups excluding carboxylic acids is 3. The minimum absolute atomic E-state index is 0.0295. The Morgan fingerprint density at radius 1 is 1.38 bits per heavy atom. The van der Waals surface area contributed by atoms with E-state index in [9.17, 15) is 14.4 Å². The molecule has 1 aromatic heterocycles. The first kappa shape index (κ1) is 10.2. The minimum atomic E-state index is -0.805. The molecule has 1 fully saturated rings. The third-order valence-electron chi connectivity index (χ3n) is 2.10. The van der Waals surface area contributed by atoms with E-state index >= 15 is 0 Å². The minimum Gasteiger partial charge on any atom is -0.340 e. The molecule has 2 N–H and O–H groups in total. The Kier molecular flexibility index (Phi) is 2.59. The molecule has 1 saturated heterocycles. The van der Waals surface area contributed by atoms with Gasteiger partial charge in [-0.1, -0.05) is 0 Å². The maximum Gasteiger partial charge on any atom is 0.255 e. The van der Waals surface area contributed by atoms with Gasteiger partial charge in [-0.2, -0.15) is 0 Å². The summed E-state index contributed by atoms with van der Waals surface area (Å²) in [6, 6.07) is -0.805. The highest BCUT2D eigenvalue weighted by Gasteiger charge is 2.31. The molecular formula is C9H8N4O3. The highest BCUT2D eigenvalue weighted by Crippen LogP contribution is 2.03. The molecule has 1 aliphatic rings. The van der Waals surface area contributed by atoms with E-state index in [-0.39, 0.29) is 17.9 Å². The lowest BCUT2D eigenvalue weighted by Gasteiger charge is -2.08. The number of nitrogens with zero attached hydrogens (tertiary/aromatic N) is 2. The van der Waals surface area contributed by atoms with Crippen molar-refractivity contribution in [3.8, 4) is 0 Å². The van der Waals surface area contributed by atoms with E-state index in [0.29, 0.717) is 0 Å². The number of hydrogen-bond acceptors (Lipinski definition) is 5. The summed E-state index contributed by atoms with van der Waals surface area (Å²) in [6.45, 7) is 0. The third kappa shape index (κ3) is 2.02. The molecule has 2 heterocycles. The van der Waals surface area contributed by atoms with Crippen molar-refractivity contribution in [1.29, 1.82) is 0 Å². The molecule has 0 saturated carbocycles. The molecule has 1 aromatic rings. The number of carbonyl (C=O) groups is 3. The lowest BCUT2D eigenvalue weighted by molar-refractivity contribution is -0.125. The monoisotopic (exact) mass is 220 g/mol. The van der Waals surface area contributed by atoms with Crippen LogP contribution in [0.2, 0.25) is 0 Å². The van der Waals surface area contributed by atoms with Gasteiger partial charge in [-0.15, -0.1) is 0 Å². The van der Waals surface area contributed by atoms with Crippen molar-refractivity contribution in [3.05, 3.63) is 24.3 Å². The normalized spacial score (nSPS) is 19.4. The highest BCUT2D eigenvalue weighted by molar-refractivity contribution is 6.08. The fraction of sp³-hybridized carbons (Fsp3) is 0.222. The second kappa shape index (κ2) is 4.05. The number of rotatable bonds is 2. The highest BCUT2D eigenvalue weighted by atomic mass is 16.2. The van der Waals surface area contributed by atoms with Crippen molar-refractivity contribution in [2.75, 3.05) is 0 Å². The zero-order chi connectivity index (χ0) is 11.5. The average molecular weight is 220 g/mol. The molecule has 3 amide bonds. The van der Waals surface area contributed by atoms with Crippen LogP contribution in [0.25, 0.3) is 0 Å². The van der Waals surface area contributed by atoms with Crippen molar-refractivity contribution in [2.24, 2.45) is 0 Å². The second-order valence-electron chi connectivity index (χ2n) is 3.27. The Labute approximate surface area is 90.3 Å². The van der Waals surface area contributed by atoms with E-state index in [1.165, 1.54) is 18.7 Å². The van der Waals surface area contributed by atoms with Crippen LogP contribution >= 0.6 is 0 Å². The van der Waals surface area contributed by atoms with Gasteiger partial charge < -0.3 is 5.32 Å². The molecule has 7 nitrogen and oxygen atoms in total. The van der Waals surface area contributed by atoms with Crippen LogP contribution < -0.4 is 10.6 Å². The lowest BCUT2D eigenvalue weighted by atomic mass is 10.2. The first-order valence-electron chi connectivity index (χ1n) is 4.56. The van der Waals surface area contributed by atoms with Gasteiger partial charge in [0.2, 0.25) is 11.8 Å². The van der Waals surface area contributed by atoms with Gasteiger partial charge in [-0.3, -0.25) is 19.7 Å². The molecule has 7 heteroatoms. The van der Waals surface area contributed by atoms with Gasteiger partial charge in [0.05, 0.1) is 12.0 Å². The number of amides is 3. The molecule has 1 aliphatic heterocycles. The van der Waals surface area contributed by atoms with E-state index in [4.69, 9.17) is 0 Å². The van der Waals surface area contributed by atoms with E-state index in [0.717, 1.165) is 0 Å². The Balaban J connectivity index is 2.03. The number of imide groups is 1. The molecule has 0 spiro atoms. The summed E-state index contributed by atoms with van der Waals surface area (Å²) in [7, 11) is 0. The lowest BCUT2D eigenvalue weighted by Crippen LogP contribution is -2.40. The fourth-order valence-corrected chi connectivity index (χ4v) is 1.33. The smallest absolute Gasteiger partial charge is 0.255 e. The summed E-state index contributed by atoms with van der Waals surface area (Å²) in [5, 5.41) is 4.52. The van der Waals surface area contributed by atoms with Crippen molar-refractivity contribution >= 4 is 17.7 Å². The summed E-state index contributed by atoms with van der Waals surface area (Å²) in [6.07, 6.45) is 3.93. The first-order valence-corrected chi connectivity index (χ1v) is 4.56. The van der Waals surface area contributed by atoms with Crippen molar-refractivity contribution in [2.45, 2.75) is 12.5 Å². The van der Waals surface area contributed by atoms with Gasteiger partial charge in [-0.05, 0) is 0 Å². The van der Waals surface area contributed by atoms with E-state index < -0.39 is 17.9 Å². The van der Waals surface area contributed by atoms with Crippen molar-refractivity contribution < 1.29 is 14.4 Å². The van der Waals surface area contributed by atoms with Crippen LogP contribution in [0.15, 0.2) is 18.7 Å². The Morgan fingerprint density at radius 3 is 2.62 bits per heavy atom. The Morgan fingerprint density at radius 2 is 2.06 bits per heavy atom. The zero-order valence-corrected chi connectivity index (χ0v) is 8.14. The van der Waals surface area contributed by atoms with Crippen LogP contribution in [0.4, 0.5) is 0 Å². The van der Waals surface area contributed by atoms with Crippen molar-refractivity contribution in [1.82, 2.24) is 20.6 Å². The zero-order valence-electron chi connectivity index (χ0n) is 8.14. The number of nitrogens with one attached hydrogen (secondary N) is 2. The van der Waals surface area contributed by atoms with Gasteiger partial charge in [-0.25, -0.2) is 9.97 Å². The molecule has 0 aliphatic carbocycles. The largest absolute Gasteiger partial charge is 0.340 e. The molecule has 0 bridgehead atoms. The number of hydrogen-bond donors (Lipinski definition) is 2. The molecule has 16 heavy (non-hydrogen) atoms. The van der Waals surface area contributed by atoms with Crippen LogP contribution in [0.1, 0.15) is 16.8 Å². The third-order valence-corrected chi connectivity index (χ3v) is 2.10. The second-order valence-corrected chi connectivity index (χ2v) is 3.27. The summed E-state index contributed by atoms with van der Waals surface area (Å²) in [5.41, 5.74) is 0.245. The van der Waals surface area contributed by atoms with Gasteiger partial charge in [0.15, 0.2) is 0 Å². The van der Waals surface area contributed by atoms with Crippen molar-refractivity contribution in [3.63, 3.8) is 0 Å². The van der Waals surface area contributed by atoms with Gasteiger partial charge in [0.1, 0.15) is 12.4 Å². The maximum atomic E-state index is 11.6. The summed E-state index contributed by atoms with van der Waals surface area (Å²) < 4.78 is 0. The average Bonchev–Trinajstić information content (AvgIpc) is 2.59. The van der Waals surface area contributed by atoms with E-state index in [2.05, 4.69) is 20.6 Å². The van der Waals surface area contributed by atoms with Gasteiger partial charge in [0.25, 0.3) is 5.91 Å². The first-order chi connectivity index (χ1) is 7.66. The van der Waals surface area contributed by atoms with Crippen LogP contribution in [-0.4, -0.2) is 33.7 Å². The molecule has 82 valence electrons. The van der Waals surface area contributed by atoms with E-state index in [1.807, 2.05) is 0 Å². The predicted octanol–water partition coefficient (Wildman–Crippen LogP) is -1.38. The predicted molar refractivity (Wildman–Crippen MR) is 51.1 cm³/mol. The maximum absolute atomic E-state index is 11.6. The van der Waals surface area contributed by atoms with Gasteiger partial charge in [0, 0.05) is 12.4 Å². The molecule has 0 aromatic carbocycles. The fourth-order valence-electron chi connectivity index (χ4n) is 1.33. The number of aromatic nitrogens is 2. The molecular weight excluding hydrogens is 212 g/mol. The van der Waals surface area contributed by atoms with E-state index in [1.54, 1.807) is 0 Å². The summed E-state index contributed by atoms with van der Waals surface area (Å²) in [4.78, 5) is 41.0. The topological polar surface area (TPSA) is 101 Å². The standard InChI is InChI=1S/C9H8N4O3/c14-7-1-6(9(16)13-7)12-8(15)5-2-10-4-11-3-5/h2-4,6H,1H2,(H,12,15)(H,13,14,16). The van der Waals surface area contributed by atoms with Crippen LogP contribution in [-0.2, 0) is 9.59 Å². The Bertz CT molecular complexity index is 445. The molecule has 2 rings (SSSR count). The Hall–Kier alpha value is -2.31. The van der Waals surface area contributed by atoms with Gasteiger partial charge >= 0.3 is 0 Å². The van der Waals surface area contributed by atoms with Crippen LogP contribution in [0.3, 0.4) is 0 Å². The van der Waals surface area contributed by atoms with Crippen LogP contribution in [0, 0.1) is 0 Å².